The smallest absolute Gasteiger partial charge is 0.283 e. The molecule has 1 aliphatic carbocycles. The Kier molecular flexibility index (Phi) is 2.79. The fraction of sp³-hybridized carbons (Fsp3) is 0.467. The number of fused-ring (bicyclic) bond motifs is 4. The molecular weight excluding hydrogens is 336 g/mol. The highest BCUT2D eigenvalue weighted by Gasteiger charge is 2.55. The van der Waals surface area contributed by atoms with E-state index in [1.54, 1.807) is 0 Å². The number of nitrogens with zero attached hydrogens (tertiary/aromatic N) is 1. The highest BCUT2D eigenvalue weighted by molar-refractivity contribution is 9.10. The van der Waals surface area contributed by atoms with Crippen LogP contribution in [-0.2, 0) is 15.1 Å². The van der Waals surface area contributed by atoms with Gasteiger partial charge in [-0.25, -0.2) is 4.99 Å². The average molecular weight is 351 g/mol. The highest BCUT2D eigenvalue weighted by atomic mass is 79.9. The minimum Gasteiger partial charge on any atom is -0.489 e. The van der Waals surface area contributed by atoms with Gasteiger partial charge >= 0.3 is 0 Å². The Hall–Kier alpha value is -1.56. The molecule has 2 heterocycles. The zero-order valence-electron chi connectivity index (χ0n) is 11.3. The predicted octanol–water partition coefficient (Wildman–Crippen LogP) is 2.12. The minimum atomic E-state index is -0.521. The van der Waals surface area contributed by atoms with Crippen LogP contribution in [0.4, 0.5) is 0 Å². The lowest BCUT2D eigenvalue weighted by Gasteiger charge is -2.45. The molecule has 1 fully saturated rings. The van der Waals surface area contributed by atoms with Crippen molar-refractivity contribution in [2.24, 2.45) is 16.6 Å². The van der Waals surface area contributed by atoms with E-state index in [0.717, 1.165) is 22.2 Å². The van der Waals surface area contributed by atoms with Gasteiger partial charge in [-0.3, -0.25) is 4.79 Å². The van der Waals surface area contributed by atoms with Crippen LogP contribution in [0.1, 0.15) is 24.8 Å². The molecule has 3 aliphatic rings. The van der Waals surface area contributed by atoms with Crippen LogP contribution in [0.2, 0.25) is 0 Å². The molecule has 0 radical (unpaired) electrons. The van der Waals surface area contributed by atoms with Crippen LogP contribution < -0.4 is 10.5 Å². The van der Waals surface area contributed by atoms with Crippen LogP contribution in [0.5, 0.6) is 5.75 Å². The molecule has 5 nitrogen and oxygen atoms in total. The molecule has 3 atom stereocenters. The zero-order valence-corrected chi connectivity index (χ0v) is 12.9. The number of ketones is 1. The van der Waals surface area contributed by atoms with Gasteiger partial charge in [0.25, 0.3) is 6.02 Å². The van der Waals surface area contributed by atoms with Gasteiger partial charge in [-0.1, -0.05) is 15.9 Å². The average Bonchev–Trinajstić information content (AvgIpc) is 2.83. The van der Waals surface area contributed by atoms with Gasteiger partial charge in [0.05, 0.1) is 0 Å². The first-order chi connectivity index (χ1) is 10.1. The SMILES string of the molecule is NC1=NC2(CO1)c1cc(Br)ccc1OC1CC(=O)CCC12. The van der Waals surface area contributed by atoms with E-state index in [4.69, 9.17) is 15.2 Å². The fourth-order valence-corrected chi connectivity index (χ4v) is 4.08. The number of hydrogen-bond acceptors (Lipinski definition) is 5. The molecule has 1 spiro atoms. The number of aliphatic imine (C=N–C) groups is 1. The Bertz CT molecular complexity index is 660. The summed E-state index contributed by atoms with van der Waals surface area (Å²) >= 11 is 3.50. The Balaban J connectivity index is 1.89. The van der Waals surface area contributed by atoms with Gasteiger partial charge in [0.15, 0.2) is 0 Å². The molecule has 1 aromatic rings. The largest absolute Gasteiger partial charge is 0.489 e. The first kappa shape index (κ1) is 13.1. The Morgan fingerprint density at radius 1 is 1.43 bits per heavy atom. The van der Waals surface area contributed by atoms with Crippen LogP contribution >= 0.6 is 15.9 Å². The zero-order chi connectivity index (χ0) is 14.6. The maximum atomic E-state index is 11.8. The van der Waals surface area contributed by atoms with Crippen molar-refractivity contribution < 1.29 is 14.3 Å². The Morgan fingerprint density at radius 2 is 2.29 bits per heavy atom. The third-order valence-corrected chi connectivity index (χ3v) is 5.15. The van der Waals surface area contributed by atoms with E-state index in [0.29, 0.717) is 19.4 Å². The molecule has 2 aliphatic heterocycles. The second kappa shape index (κ2) is 4.47. The standard InChI is InChI=1S/C15H15BrN2O3/c16-8-1-4-12-11(5-8)15(7-20-14(17)18-15)10-3-2-9(19)6-13(10)21-12/h1,4-5,10,13H,2-3,6-7H2,(H2,17,18). The van der Waals surface area contributed by atoms with Crippen molar-refractivity contribution in [1.82, 2.24) is 0 Å². The summed E-state index contributed by atoms with van der Waals surface area (Å²) in [5, 5.41) is 0. The molecule has 2 N–H and O–H groups in total. The Labute approximate surface area is 130 Å². The molecule has 0 bridgehead atoms. The number of halogens is 1. The summed E-state index contributed by atoms with van der Waals surface area (Å²) in [5.74, 6) is 1.15. The molecule has 0 aromatic heterocycles. The van der Waals surface area contributed by atoms with E-state index in [1.807, 2.05) is 18.2 Å². The highest BCUT2D eigenvalue weighted by Crippen LogP contribution is 2.52. The molecule has 21 heavy (non-hydrogen) atoms. The van der Waals surface area contributed by atoms with E-state index in [1.165, 1.54) is 0 Å². The number of amidine groups is 1. The summed E-state index contributed by atoms with van der Waals surface area (Å²) < 4.78 is 12.5. The van der Waals surface area contributed by atoms with Gasteiger partial charge < -0.3 is 15.2 Å². The van der Waals surface area contributed by atoms with Crippen molar-refractivity contribution in [2.45, 2.75) is 30.9 Å². The maximum Gasteiger partial charge on any atom is 0.283 e. The van der Waals surface area contributed by atoms with Crippen LogP contribution in [0, 0.1) is 5.92 Å². The minimum absolute atomic E-state index is 0.123. The molecular formula is C15H15BrN2O3. The molecule has 110 valence electrons. The number of rotatable bonds is 0. The number of Topliss-reactive ketones (excluding diaryl/α,β-unsaturated/α-hetero) is 1. The van der Waals surface area contributed by atoms with Gasteiger partial charge in [0.2, 0.25) is 0 Å². The molecule has 3 unspecified atom stereocenters. The van der Waals surface area contributed by atoms with Crippen molar-refractivity contribution in [3.05, 3.63) is 28.2 Å². The number of nitrogens with two attached hydrogens (primary N) is 1. The summed E-state index contributed by atoms with van der Waals surface area (Å²) in [7, 11) is 0. The normalized spacial score (nSPS) is 33.8. The van der Waals surface area contributed by atoms with Gasteiger partial charge in [-0.2, -0.15) is 0 Å². The molecule has 4 rings (SSSR count). The van der Waals surface area contributed by atoms with E-state index in [-0.39, 0.29) is 23.8 Å². The lowest BCUT2D eigenvalue weighted by atomic mass is 9.68. The third-order valence-electron chi connectivity index (χ3n) is 4.66. The van der Waals surface area contributed by atoms with E-state index < -0.39 is 5.54 Å². The molecule has 1 aromatic carbocycles. The first-order valence-electron chi connectivity index (χ1n) is 7.05. The van der Waals surface area contributed by atoms with E-state index in [2.05, 4.69) is 20.9 Å². The number of ether oxygens (including phenoxy) is 2. The van der Waals surface area contributed by atoms with Crippen LogP contribution in [0.25, 0.3) is 0 Å². The Morgan fingerprint density at radius 3 is 3.05 bits per heavy atom. The number of hydrogen-bond donors (Lipinski definition) is 1. The second-order valence-corrected chi connectivity index (χ2v) is 6.76. The van der Waals surface area contributed by atoms with Crippen molar-refractivity contribution in [1.29, 1.82) is 0 Å². The van der Waals surface area contributed by atoms with E-state index >= 15 is 0 Å². The second-order valence-electron chi connectivity index (χ2n) is 5.85. The molecule has 0 saturated heterocycles. The van der Waals surface area contributed by atoms with Crippen molar-refractivity contribution in [3.63, 3.8) is 0 Å². The summed E-state index contributed by atoms with van der Waals surface area (Å²) in [6.45, 7) is 0.418. The monoisotopic (exact) mass is 350 g/mol. The molecule has 6 heteroatoms. The summed E-state index contributed by atoms with van der Waals surface area (Å²) in [6, 6.07) is 6.09. The third kappa shape index (κ3) is 1.88. The van der Waals surface area contributed by atoms with Crippen LogP contribution in [0.15, 0.2) is 27.7 Å². The summed E-state index contributed by atoms with van der Waals surface area (Å²) in [6.07, 6.45) is 1.64. The molecule has 1 saturated carbocycles. The van der Waals surface area contributed by atoms with Gasteiger partial charge in [0.1, 0.15) is 29.8 Å². The quantitative estimate of drug-likeness (QED) is 0.777. The maximum absolute atomic E-state index is 11.8. The summed E-state index contributed by atoms with van der Waals surface area (Å²) in [4.78, 5) is 16.4. The number of carbonyl (C=O) groups excluding carboxylic acids is 1. The summed E-state index contributed by atoms with van der Waals surface area (Å²) in [5.41, 5.74) is 6.27. The topological polar surface area (TPSA) is 73.9 Å². The van der Waals surface area contributed by atoms with E-state index in [9.17, 15) is 4.79 Å². The van der Waals surface area contributed by atoms with Crippen molar-refractivity contribution in [3.8, 4) is 5.75 Å². The van der Waals surface area contributed by atoms with Crippen LogP contribution in [-0.4, -0.2) is 24.5 Å². The first-order valence-corrected chi connectivity index (χ1v) is 7.84. The van der Waals surface area contributed by atoms with Gasteiger partial charge in [-0.15, -0.1) is 0 Å². The lowest BCUT2D eigenvalue weighted by molar-refractivity contribution is -0.126. The van der Waals surface area contributed by atoms with Crippen molar-refractivity contribution in [2.75, 3.05) is 6.61 Å². The van der Waals surface area contributed by atoms with Gasteiger partial charge in [-0.05, 0) is 24.6 Å². The predicted molar refractivity (Wildman–Crippen MR) is 80.2 cm³/mol. The number of benzene rings is 1. The van der Waals surface area contributed by atoms with Gasteiger partial charge in [0, 0.05) is 28.8 Å². The lowest BCUT2D eigenvalue weighted by Crippen LogP contribution is -2.51. The van der Waals surface area contributed by atoms with Crippen LogP contribution in [0.3, 0.4) is 0 Å². The number of carbonyl (C=O) groups is 1. The molecule has 0 amide bonds. The van der Waals surface area contributed by atoms with Crippen molar-refractivity contribution >= 4 is 27.7 Å². The fourth-order valence-electron chi connectivity index (χ4n) is 3.72.